The summed E-state index contributed by atoms with van der Waals surface area (Å²) < 4.78 is 13.1. The van der Waals surface area contributed by atoms with Gasteiger partial charge in [-0.1, -0.05) is 11.6 Å². The van der Waals surface area contributed by atoms with Crippen molar-refractivity contribution < 1.29 is 9.47 Å². The number of ether oxygens (including phenoxy) is 2. The van der Waals surface area contributed by atoms with Gasteiger partial charge in [-0.25, -0.2) is 0 Å². The Labute approximate surface area is 128 Å². The quantitative estimate of drug-likeness (QED) is 0.712. The third-order valence-corrected chi connectivity index (χ3v) is 3.72. The number of aromatic nitrogens is 1. The highest BCUT2D eigenvalue weighted by atomic mass is 35.5. The molecular formula is C17H16ClNO2. The van der Waals surface area contributed by atoms with E-state index in [4.69, 9.17) is 21.1 Å². The van der Waals surface area contributed by atoms with Crippen LogP contribution >= 0.6 is 11.6 Å². The zero-order chi connectivity index (χ0) is 14.8. The lowest BCUT2D eigenvalue weighted by molar-refractivity contribution is 0.306. The zero-order valence-corrected chi connectivity index (χ0v) is 12.7. The average molecular weight is 302 g/mol. The van der Waals surface area contributed by atoms with Gasteiger partial charge in [0.05, 0.1) is 7.11 Å². The SMILES string of the molecule is COc1ccc(OCc2cn(C)c3ccc(Cl)cc23)cc1. The van der Waals surface area contributed by atoms with Crippen LogP contribution < -0.4 is 9.47 Å². The largest absolute Gasteiger partial charge is 0.497 e. The fourth-order valence-corrected chi connectivity index (χ4v) is 2.57. The second-order valence-corrected chi connectivity index (χ2v) is 5.33. The summed E-state index contributed by atoms with van der Waals surface area (Å²) in [5.74, 6) is 1.63. The number of rotatable bonds is 4. The monoisotopic (exact) mass is 301 g/mol. The van der Waals surface area contributed by atoms with E-state index in [0.717, 1.165) is 33.0 Å². The fourth-order valence-electron chi connectivity index (χ4n) is 2.39. The second kappa shape index (κ2) is 5.70. The molecule has 3 aromatic rings. The van der Waals surface area contributed by atoms with E-state index in [1.165, 1.54) is 0 Å². The molecule has 0 unspecified atom stereocenters. The lowest BCUT2D eigenvalue weighted by Gasteiger charge is -2.06. The van der Waals surface area contributed by atoms with Crippen molar-refractivity contribution in [3.63, 3.8) is 0 Å². The van der Waals surface area contributed by atoms with Gasteiger partial charge in [-0.05, 0) is 42.5 Å². The number of hydrogen-bond acceptors (Lipinski definition) is 2. The van der Waals surface area contributed by atoms with Crippen molar-refractivity contribution in [1.82, 2.24) is 4.57 Å². The van der Waals surface area contributed by atoms with Crippen LogP contribution in [0.5, 0.6) is 11.5 Å². The molecular weight excluding hydrogens is 286 g/mol. The van der Waals surface area contributed by atoms with E-state index in [1.807, 2.05) is 49.5 Å². The number of hydrogen-bond donors (Lipinski definition) is 0. The molecule has 108 valence electrons. The minimum absolute atomic E-state index is 0.504. The Bertz CT molecular complexity index is 762. The fraction of sp³-hybridized carbons (Fsp3) is 0.176. The van der Waals surface area contributed by atoms with Crippen LogP contribution in [0.1, 0.15) is 5.56 Å². The molecule has 0 spiro atoms. The van der Waals surface area contributed by atoms with Gasteiger partial charge >= 0.3 is 0 Å². The van der Waals surface area contributed by atoms with Gasteiger partial charge in [0.15, 0.2) is 0 Å². The molecule has 3 nitrogen and oxygen atoms in total. The molecule has 3 rings (SSSR count). The Kier molecular flexibility index (Phi) is 3.76. The van der Waals surface area contributed by atoms with E-state index in [9.17, 15) is 0 Å². The molecule has 0 N–H and O–H groups in total. The van der Waals surface area contributed by atoms with Crippen LogP contribution in [0.2, 0.25) is 5.02 Å². The van der Waals surface area contributed by atoms with Gasteiger partial charge in [-0.15, -0.1) is 0 Å². The van der Waals surface area contributed by atoms with E-state index in [2.05, 4.69) is 10.8 Å². The Morgan fingerprint density at radius 1 is 1.05 bits per heavy atom. The molecule has 1 aromatic heterocycles. The smallest absolute Gasteiger partial charge is 0.120 e. The lowest BCUT2D eigenvalue weighted by Crippen LogP contribution is -1.94. The number of methoxy groups -OCH3 is 1. The van der Waals surface area contributed by atoms with Crippen LogP contribution in [0.25, 0.3) is 10.9 Å². The maximum atomic E-state index is 6.09. The highest BCUT2D eigenvalue weighted by molar-refractivity contribution is 6.31. The topological polar surface area (TPSA) is 23.4 Å². The van der Waals surface area contributed by atoms with Crippen molar-refractivity contribution in [2.24, 2.45) is 7.05 Å². The summed E-state index contributed by atoms with van der Waals surface area (Å²) in [4.78, 5) is 0. The highest BCUT2D eigenvalue weighted by Gasteiger charge is 2.08. The van der Waals surface area contributed by atoms with Crippen molar-refractivity contribution in [3.05, 3.63) is 59.2 Å². The van der Waals surface area contributed by atoms with Crippen LogP contribution in [0.3, 0.4) is 0 Å². The molecule has 0 aliphatic rings. The van der Waals surface area contributed by atoms with Gasteiger partial charge in [0.1, 0.15) is 18.1 Å². The van der Waals surface area contributed by atoms with E-state index in [-0.39, 0.29) is 0 Å². The summed E-state index contributed by atoms with van der Waals surface area (Å²) in [7, 11) is 3.67. The van der Waals surface area contributed by atoms with Crippen LogP contribution in [0.15, 0.2) is 48.7 Å². The van der Waals surface area contributed by atoms with Gasteiger partial charge in [0.2, 0.25) is 0 Å². The summed E-state index contributed by atoms with van der Waals surface area (Å²) in [5, 5.41) is 1.86. The summed E-state index contributed by atoms with van der Waals surface area (Å²) in [5.41, 5.74) is 2.26. The summed E-state index contributed by atoms with van der Waals surface area (Å²) in [6, 6.07) is 13.5. The molecule has 0 aliphatic carbocycles. The third-order valence-electron chi connectivity index (χ3n) is 3.49. The molecule has 0 amide bonds. The van der Waals surface area contributed by atoms with Crippen LogP contribution in [0.4, 0.5) is 0 Å². The van der Waals surface area contributed by atoms with Gasteiger partial charge in [-0.3, -0.25) is 0 Å². The van der Waals surface area contributed by atoms with Crippen LogP contribution in [0, 0.1) is 0 Å². The maximum Gasteiger partial charge on any atom is 0.120 e. The predicted octanol–water partition coefficient (Wildman–Crippen LogP) is 4.42. The van der Waals surface area contributed by atoms with Crippen LogP contribution in [-0.4, -0.2) is 11.7 Å². The zero-order valence-electron chi connectivity index (χ0n) is 12.0. The van der Waals surface area contributed by atoms with Crippen molar-refractivity contribution in [3.8, 4) is 11.5 Å². The molecule has 1 heterocycles. The molecule has 0 bridgehead atoms. The lowest BCUT2D eigenvalue weighted by atomic mass is 10.2. The summed E-state index contributed by atoms with van der Waals surface area (Å²) in [6.07, 6.45) is 2.07. The number of halogens is 1. The number of aryl methyl sites for hydroxylation is 1. The third kappa shape index (κ3) is 2.83. The van der Waals surface area contributed by atoms with Gasteiger partial charge in [0.25, 0.3) is 0 Å². The van der Waals surface area contributed by atoms with Crippen LogP contribution in [-0.2, 0) is 13.7 Å². The maximum absolute atomic E-state index is 6.09. The van der Waals surface area contributed by atoms with Crippen molar-refractivity contribution in [2.75, 3.05) is 7.11 Å². The Balaban J connectivity index is 1.82. The van der Waals surface area contributed by atoms with Gasteiger partial charge < -0.3 is 14.0 Å². The molecule has 21 heavy (non-hydrogen) atoms. The van der Waals surface area contributed by atoms with E-state index < -0.39 is 0 Å². The number of fused-ring (bicyclic) bond motifs is 1. The molecule has 0 radical (unpaired) electrons. The highest BCUT2D eigenvalue weighted by Crippen LogP contribution is 2.26. The molecule has 0 saturated heterocycles. The molecule has 0 fully saturated rings. The molecule has 4 heteroatoms. The Hall–Kier alpha value is -2.13. The van der Waals surface area contributed by atoms with Crippen molar-refractivity contribution in [2.45, 2.75) is 6.61 Å². The predicted molar refractivity (Wildman–Crippen MR) is 85.3 cm³/mol. The first-order valence-corrected chi connectivity index (χ1v) is 7.05. The second-order valence-electron chi connectivity index (χ2n) is 4.89. The molecule has 0 saturated carbocycles. The molecule has 0 aliphatic heterocycles. The normalized spacial score (nSPS) is 10.8. The standard InChI is InChI=1S/C17H16ClNO2/c1-19-10-12(16-9-13(18)3-8-17(16)19)11-21-15-6-4-14(20-2)5-7-15/h3-10H,11H2,1-2H3. The van der Waals surface area contributed by atoms with Gasteiger partial charge in [0, 0.05) is 34.7 Å². The number of benzene rings is 2. The van der Waals surface area contributed by atoms with Gasteiger partial charge in [-0.2, -0.15) is 0 Å². The van der Waals surface area contributed by atoms with Crippen molar-refractivity contribution in [1.29, 1.82) is 0 Å². The van der Waals surface area contributed by atoms with E-state index >= 15 is 0 Å². The molecule has 0 atom stereocenters. The minimum Gasteiger partial charge on any atom is -0.497 e. The first-order valence-electron chi connectivity index (χ1n) is 6.67. The van der Waals surface area contributed by atoms with E-state index in [1.54, 1.807) is 7.11 Å². The molecule has 2 aromatic carbocycles. The Morgan fingerprint density at radius 3 is 2.48 bits per heavy atom. The first kappa shape index (κ1) is 13.8. The summed E-state index contributed by atoms with van der Waals surface area (Å²) in [6.45, 7) is 0.504. The Morgan fingerprint density at radius 2 is 1.76 bits per heavy atom. The number of nitrogens with zero attached hydrogens (tertiary/aromatic N) is 1. The minimum atomic E-state index is 0.504. The average Bonchev–Trinajstić information content (AvgIpc) is 2.81. The van der Waals surface area contributed by atoms with E-state index in [0.29, 0.717) is 6.61 Å². The first-order chi connectivity index (χ1) is 10.2. The summed E-state index contributed by atoms with van der Waals surface area (Å²) >= 11 is 6.09. The van der Waals surface area contributed by atoms with Crippen molar-refractivity contribution >= 4 is 22.5 Å².